The highest BCUT2D eigenvalue weighted by Crippen LogP contribution is 2.46. The summed E-state index contributed by atoms with van der Waals surface area (Å²) in [5.41, 5.74) is 0.323. The molecule has 0 aliphatic heterocycles. The fraction of sp³-hybridized carbons (Fsp3) is 0.867. The highest BCUT2D eigenvalue weighted by Gasteiger charge is 2.36. The van der Waals surface area contributed by atoms with Crippen molar-refractivity contribution in [3.63, 3.8) is 0 Å². The standard InChI is InChI=1S/C15H26ClN3/c1-11(2)10-19-13(9-16)17-18-14(19)12-7-5-6-8-15(12,3)4/h11-12H,5-10H2,1-4H3. The van der Waals surface area contributed by atoms with Gasteiger partial charge in [-0.3, -0.25) is 0 Å². The van der Waals surface area contributed by atoms with Gasteiger partial charge in [-0.1, -0.05) is 40.5 Å². The minimum atomic E-state index is 0.323. The van der Waals surface area contributed by atoms with Crippen molar-refractivity contribution in [1.82, 2.24) is 14.8 Å². The van der Waals surface area contributed by atoms with Crippen molar-refractivity contribution < 1.29 is 0 Å². The Morgan fingerprint density at radius 2 is 2.05 bits per heavy atom. The number of nitrogens with zero attached hydrogens (tertiary/aromatic N) is 3. The van der Waals surface area contributed by atoms with Crippen molar-refractivity contribution in [1.29, 1.82) is 0 Å². The first-order valence-corrected chi connectivity index (χ1v) is 7.97. The van der Waals surface area contributed by atoms with Crippen LogP contribution in [0.15, 0.2) is 0 Å². The fourth-order valence-electron chi connectivity index (χ4n) is 3.24. The van der Waals surface area contributed by atoms with E-state index in [-0.39, 0.29) is 0 Å². The summed E-state index contributed by atoms with van der Waals surface area (Å²) in [7, 11) is 0. The molecule has 0 bridgehead atoms. The maximum Gasteiger partial charge on any atom is 0.147 e. The summed E-state index contributed by atoms with van der Waals surface area (Å²) in [6.07, 6.45) is 5.15. The zero-order valence-corrected chi connectivity index (χ0v) is 13.4. The molecule has 1 saturated carbocycles. The van der Waals surface area contributed by atoms with Gasteiger partial charge in [0.05, 0.1) is 5.88 Å². The van der Waals surface area contributed by atoms with Crippen LogP contribution in [0, 0.1) is 11.3 Å². The predicted octanol–water partition coefficient (Wildman–Crippen LogP) is 4.36. The lowest BCUT2D eigenvalue weighted by Gasteiger charge is -2.38. The molecule has 1 fully saturated rings. The molecule has 1 unspecified atom stereocenters. The molecule has 1 aliphatic carbocycles. The van der Waals surface area contributed by atoms with Crippen LogP contribution in [0.2, 0.25) is 0 Å². The number of alkyl halides is 1. The molecule has 1 aromatic rings. The average Bonchev–Trinajstić information content (AvgIpc) is 2.70. The molecule has 1 aromatic heterocycles. The summed E-state index contributed by atoms with van der Waals surface area (Å²) < 4.78 is 2.27. The SMILES string of the molecule is CC(C)Cn1c(CCl)nnc1C1CCCCC1(C)C. The van der Waals surface area contributed by atoms with Gasteiger partial charge >= 0.3 is 0 Å². The van der Waals surface area contributed by atoms with Crippen molar-refractivity contribution in [3.05, 3.63) is 11.6 Å². The number of hydrogen-bond donors (Lipinski definition) is 0. The zero-order chi connectivity index (χ0) is 14.0. The average molecular weight is 284 g/mol. The number of aromatic nitrogens is 3. The van der Waals surface area contributed by atoms with Gasteiger partial charge < -0.3 is 4.57 Å². The quantitative estimate of drug-likeness (QED) is 0.769. The topological polar surface area (TPSA) is 30.7 Å². The molecule has 2 rings (SSSR count). The first kappa shape index (κ1) is 14.8. The molecule has 0 aromatic carbocycles. The minimum absolute atomic E-state index is 0.323. The van der Waals surface area contributed by atoms with Gasteiger partial charge in [0, 0.05) is 12.5 Å². The molecule has 19 heavy (non-hydrogen) atoms. The summed E-state index contributed by atoms with van der Waals surface area (Å²) in [5, 5.41) is 8.80. The van der Waals surface area contributed by atoms with E-state index in [1.807, 2.05) is 0 Å². The van der Waals surface area contributed by atoms with Crippen LogP contribution in [0.5, 0.6) is 0 Å². The molecule has 0 N–H and O–H groups in total. The maximum absolute atomic E-state index is 6.02. The fourth-order valence-corrected chi connectivity index (χ4v) is 3.44. The second-order valence-corrected chi connectivity index (χ2v) is 7.17. The largest absolute Gasteiger partial charge is 0.313 e. The van der Waals surface area contributed by atoms with Crippen LogP contribution >= 0.6 is 11.6 Å². The van der Waals surface area contributed by atoms with E-state index >= 15 is 0 Å². The van der Waals surface area contributed by atoms with E-state index in [1.165, 1.54) is 25.7 Å². The van der Waals surface area contributed by atoms with Gasteiger partial charge in [-0.15, -0.1) is 21.8 Å². The molecular formula is C15H26ClN3. The van der Waals surface area contributed by atoms with E-state index in [1.54, 1.807) is 0 Å². The van der Waals surface area contributed by atoms with E-state index in [4.69, 9.17) is 11.6 Å². The number of halogens is 1. The summed E-state index contributed by atoms with van der Waals surface area (Å²) in [4.78, 5) is 0. The summed E-state index contributed by atoms with van der Waals surface area (Å²) in [5.74, 6) is 3.64. The molecule has 1 aliphatic rings. The Morgan fingerprint density at radius 3 is 2.63 bits per heavy atom. The van der Waals surface area contributed by atoms with Gasteiger partial charge in [-0.2, -0.15) is 0 Å². The molecular weight excluding hydrogens is 258 g/mol. The lowest BCUT2D eigenvalue weighted by molar-refractivity contribution is 0.187. The molecule has 0 spiro atoms. The Bertz CT molecular complexity index is 423. The number of hydrogen-bond acceptors (Lipinski definition) is 2. The van der Waals surface area contributed by atoms with Crippen molar-refractivity contribution in [3.8, 4) is 0 Å². The molecule has 0 radical (unpaired) electrons. The summed E-state index contributed by atoms with van der Waals surface area (Å²) >= 11 is 6.02. The predicted molar refractivity (Wildman–Crippen MR) is 79.4 cm³/mol. The van der Waals surface area contributed by atoms with Crippen molar-refractivity contribution in [2.24, 2.45) is 11.3 Å². The summed E-state index contributed by atoms with van der Waals surface area (Å²) in [6, 6.07) is 0. The lowest BCUT2D eigenvalue weighted by atomic mass is 9.68. The van der Waals surface area contributed by atoms with E-state index in [0.717, 1.165) is 18.2 Å². The van der Waals surface area contributed by atoms with Crippen LogP contribution in [0.3, 0.4) is 0 Å². The Hall–Kier alpha value is -0.570. The Kier molecular flexibility index (Phi) is 4.54. The third-order valence-corrected chi connectivity index (χ3v) is 4.58. The second kappa shape index (κ2) is 5.82. The first-order chi connectivity index (χ1) is 8.95. The van der Waals surface area contributed by atoms with Gasteiger partial charge in [-0.25, -0.2) is 0 Å². The molecule has 1 atom stereocenters. The molecule has 108 valence electrons. The monoisotopic (exact) mass is 283 g/mol. The van der Waals surface area contributed by atoms with E-state index in [2.05, 4.69) is 42.5 Å². The van der Waals surface area contributed by atoms with Crippen LogP contribution in [0.4, 0.5) is 0 Å². The first-order valence-electron chi connectivity index (χ1n) is 7.43. The smallest absolute Gasteiger partial charge is 0.147 e. The molecule has 0 saturated heterocycles. The van der Waals surface area contributed by atoms with Crippen LogP contribution in [-0.2, 0) is 12.4 Å². The van der Waals surface area contributed by atoms with Crippen molar-refractivity contribution in [2.45, 2.75) is 71.7 Å². The minimum Gasteiger partial charge on any atom is -0.313 e. The third-order valence-electron chi connectivity index (χ3n) is 4.34. The second-order valence-electron chi connectivity index (χ2n) is 6.90. The third kappa shape index (κ3) is 3.13. The Labute approximate surface area is 121 Å². The van der Waals surface area contributed by atoms with Gasteiger partial charge in [0.1, 0.15) is 11.6 Å². The van der Waals surface area contributed by atoms with Crippen LogP contribution in [0.25, 0.3) is 0 Å². The molecule has 3 nitrogen and oxygen atoms in total. The normalized spacial score (nSPS) is 22.9. The van der Waals surface area contributed by atoms with Crippen molar-refractivity contribution >= 4 is 11.6 Å². The van der Waals surface area contributed by atoms with E-state index in [0.29, 0.717) is 23.1 Å². The Morgan fingerprint density at radius 1 is 1.32 bits per heavy atom. The van der Waals surface area contributed by atoms with Crippen LogP contribution < -0.4 is 0 Å². The van der Waals surface area contributed by atoms with E-state index in [9.17, 15) is 0 Å². The van der Waals surface area contributed by atoms with Crippen LogP contribution in [0.1, 0.15) is 70.9 Å². The molecule has 4 heteroatoms. The highest BCUT2D eigenvalue weighted by molar-refractivity contribution is 6.16. The van der Waals surface area contributed by atoms with Gasteiger partial charge in [0.15, 0.2) is 0 Å². The Balaban J connectivity index is 2.35. The maximum atomic E-state index is 6.02. The number of rotatable bonds is 4. The van der Waals surface area contributed by atoms with Gasteiger partial charge in [-0.05, 0) is 24.2 Å². The lowest BCUT2D eigenvalue weighted by Crippen LogP contribution is -2.29. The highest BCUT2D eigenvalue weighted by atomic mass is 35.5. The molecule has 0 amide bonds. The summed E-state index contributed by atoms with van der Waals surface area (Å²) in [6.45, 7) is 10.2. The van der Waals surface area contributed by atoms with Gasteiger partial charge in [0.25, 0.3) is 0 Å². The zero-order valence-electron chi connectivity index (χ0n) is 12.6. The van der Waals surface area contributed by atoms with E-state index < -0.39 is 0 Å². The van der Waals surface area contributed by atoms with Crippen molar-refractivity contribution in [2.75, 3.05) is 0 Å². The van der Waals surface area contributed by atoms with Crippen LogP contribution in [-0.4, -0.2) is 14.8 Å². The van der Waals surface area contributed by atoms with Gasteiger partial charge in [0.2, 0.25) is 0 Å². The molecule has 1 heterocycles.